The molecule has 0 saturated heterocycles. The summed E-state index contributed by atoms with van der Waals surface area (Å²) in [5.74, 6) is 0.290. The fourth-order valence-corrected chi connectivity index (χ4v) is 1.96. The normalized spacial score (nSPS) is 10.3. The molecular weight excluding hydrogens is 220 g/mol. The Balaban J connectivity index is 2.42. The van der Waals surface area contributed by atoms with Gasteiger partial charge in [-0.25, -0.2) is 0 Å². The Morgan fingerprint density at radius 1 is 1.11 bits per heavy atom. The van der Waals surface area contributed by atoms with Gasteiger partial charge in [-0.2, -0.15) is 0 Å². The summed E-state index contributed by atoms with van der Waals surface area (Å²) < 4.78 is 0. The average Bonchev–Trinajstić information content (AvgIpc) is 2.39. The van der Waals surface area contributed by atoms with E-state index in [1.807, 2.05) is 24.3 Å². The van der Waals surface area contributed by atoms with E-state index in [9.17, 15) is 5.11 Å². The fourth-order valence-electron chi connectivity index (χ4n) is 1.96. The van der Waals surface area contributed by atoms with Crippen LogP contribution in [0.25, 0.3) is 5.57 Å². The molecular formula is C17H18O. The van der Waals surface area contributed by atoms with E-state index < -0.39 is 0 Å². The number of rotatable bonds is 3. The van der Waals surface area contributed by atoms with Gasteiger partial charge in [0.15, 0.2) is 0 Å². The largest absolute Gasteiger partial charge is 0.507 e. The van der Waals surface area contributed by atoms with E-state index in [0.717, 1.165) is 23.1 Å². The molecule has 1 N–H and O–H groups in total. The molecule has 0 fully saturated rings. The second-order valence-corrected chi connectivity index (χ2v) is 4.55. The van der Waals surface area contributed by atoms with E-state index in [1.54, 1.807) is 6.07 Å². The highest BCUT2D eigenvalue weighted by atomic mass is 16.3. The van der Waals surface area contributed by atoms with Crippen LogP contribution in [0.2, 0.25) is 0 Å². The highest BCUT2D eigenvalue weighted by Crippen LogP contribution is 2.30. The van der Waals surface area contributed by atoms with E-state index in [2.05, 4.69) is 32.6 Å². The highest BCUT2D eigenvalue weighted by Gasteiger charge is 2.08. The van der Waals surface area contributed by atoms with Crippen LogP contribution >= 0.6 is 0 Å². The van der Waals surface area contributed by atoms with Gasteiger partial charge in [0.05, 0.1) is 0 Å². The van der Waals surface area contributed by atoms with Crippen molar-refractivity contribution in [3.8, 4) is 5.75 Å². The molecule has 0 amide bonds. The molecule has 1 heteroatoms. The molecule has 0 saturated carbocycles. The van der Waals surface area contributed by atoms with Crippen molar-refractivity contribution in [2.75, 3.05) is 0 Å². The van der Waals surface area contributed by atoms with Crippen molar-refractivity contribution in [3.63, 3.8) is 0 Å². The van der Waals surface area contributed by atoms with Gasteiger partial charge < -0.3 is 5.11 Å². The number of aromatic hydroxyl groups is 1. The van der Waals surface area contributed by atoms with Crippen LogP contribution in [0.5, 0.6) is 5.75 Å². The molecule has 0 aliphatic heterocycles. The molecule has 0 aliphatic carbocycles. The van der Waals surface area contributed by atoms with Crippen LogP contribution in [0.1, 0.15) is 29.2 Å². The van der Waals surface area contributed by atoms with Crippen LogP contribution in [0.15, 0.2) is 49.0 Å². The summed E-state index contributed by atoms with van der Waals surface area (Å²) in [5, 5.41) is 9.96. The van der Waals surface area contributed by atoms with Gasteiger partial charge in [0.1, 0.15) is 5.75 Å². The van der Waals surface area contributed by atoms with E-state index >= 15 is 0 Å². The zero-order valence-corrected chi connectivity index (χ0v) is 10.9. The first-order valence-electron chi connectivity index (χ1n) is 6.20. The third-order valence-corrected chi connectivity index (χ3v) is 3.19. The molecule has 0 heterocycles. The second-order valence-electron chi connectivity index (χ2n) is 4.55. The Labute approximate surface area is 108 Å². The minimum atomic E-state index is 0.290. The van der Waals surface area contributed by atoms with Gasteiger partial charge in [0.25, 0.3) is 0 Å². The maximum Gasteiger partial charge on any atom is 0.123 e. The molecule has 0 radical (unpaired) electrons. The third kappa shape index (κ3) is 2.45. The summed E-state index contributed by atoms with van der Waals surface area (Å²) in [6, 6.07) is 13.9. The molecule has 2 aromatic rings. The second kappa shape index (κ2) is 5.09. The number of phenolic OH excluding ortho intramolecular Hbond substituents is 1. The van der Waals surface area contributed by atoms with Crippen molar-refractivity contribution in [3.05, 3.63) is 71.3 Å². The van der Waals surface area contributed by atoms with Crippen LogP contribution in [-0.4, -0.2) is 5.11 Å². The summed E-state index contributed by atoms with van der Waals surface area (Å²) in [6.07, 6.45) is 0.953. The third-order valence-electron chi connectivity index (χ3n) is 3.19. The van der Waals surface area contributed by atoms with Crippen molar-refractivity contribution in [2.24, 2.45) is 0 Å². The topological polar surface area (TPSA) is 20.2 Å². The van der Waals surface area contributed by atoms with Gasteiger partial charge in [-0.1, -0.05) is 49.4 Å². The van der Waals surface area contributed by atoms with E-state index in [0.29, 0.717) is 0 Å². The summed E-state index contributed by atoms with van der Waals surface area (Å²) in [7, 11) is 0. The average molecular weight is 238 g/mol. The zero-order valence-electron chi connectivity index (χ0n) is 10.9. The minimum Gasteiger partial charge on any atom is -0.507 e. The Kier molecular flexibility index (Phi) is 3.52. The summed E-state index contributed by atoms with van der Waals surface area (Å²) >= 11 is 0. The van der Waals surface area contributed by atoms with Crippen LogP contribution < -0.4 is 0 Å². The van der Waals surface area contributed by atoms with Gasteiger partial charge in [0.2, 0.25) is 0 Å². The molecule has 92 valence electrons. The number of hydrogen-bond donors (Lipinski definition) is 1. The van der Waals surface area contributed by atoms with Gasteiger partial charge in [-0.15, -0.1) is 0 Å². The first-order chi connectivity index (χ1) is 8.61. The van der Waals surface area contributed by atoms with Gasteiger partial charge in [-0.05, 0) is 42.2 Å². The van der Waals surface area contributed by atoms with Crippen LogP contribution in [0, 0.1) is 6.92 Å². The van der Waals surface area contributed by atoms with Gasteiger partial charge in [-0.3, -0.25) is 0 Å². The predicted octanol–water partition coefficient (Wildman–Crippen LogP) is 4.32. The maximum absolute atomic E-state index is 9.96. The first-order valence-corrected chi connectivity index (χ1v) is 6.20. The predicted molar refractivity (Wildman–Crippen MR) is 76.8 cm³/mol. The molecule has 18 heavy (non-hydrogen) atoms. The molecule has 1 nitrogen and oxygen atoms in total. The van der Waals surface area contributed by atoms with Gasteiger partial charge in [0, 0.05) is 5.56 Å². The number of phenols is 1. The number of aryl methyl sites for hydroxylation is 2. The summed E-state index contributed by atoms with van der Waals surface area (Å²) in [5.41, 5.74) is 5.15. The fraction of sp³-hybridized carbons (Fsp3) is 0.176. The van der Waals surface area contributed by atoms with Crippen molar-refractivity contribution in [1.82, 2.24) is 0 Å². The summed E-state index contributed by atoms with van der Waals surface area (Å²) in [4.78, 5) is 0. The standard InChI is InChI=1S/C17H18O/c1-4-14-7-10-17(18)16(11-14)13(3)15-8-5-12(2)6-9-15/h5-11,18H,3-4H2,1-2H3. The first kappa shape index (κ1) is 12.4. The Bertz CT molecular complexity index is 565. The van der Waals surface area contributed by atoms with Crippen molar-refractivity contribution in [2.45, 2.75) is 20.3 Å². The Morgan fingerprint density at radius 2 is 1.78 bits per heavy atom. The monoisotopic (exact) mass is 238 g/mol. The van der Waals surface area contributed by atoms with Crippen LogP contribution in [0.3, 0.4) is 0 Å². The lowest BCUT2D eigenvalue weighted by atomic mass is 9.96. The van der Waals surface area contributed by atoms with Crippen molar-refractivity contribution >= 4 is 5.57 Å². The van der Waals surface area contributed by atoms with E-state index in [-0.39, 0.29) is 5.75 Å². The Morgan fingerprint density at radius 3 is 2.39 bits per heavy atom. The molecule has 0 aromatic heterocycles. The molecule has 0 spiro atoms. The molecule has 0 atom stereocenters. The SMILES string of the molecule is C=C(c1ccc(C)cc1)c1cc(CC)ccc1O. The Hall–Kier alpha value is -2.02. The summed E-state index contributed by atoms with van der Waals surface area (Å²) in [6.45, 7) is 8.26. The molecule has 0 aliphatic rings. The van der Waals surface area contributed by atoms with Gasteiger partial charge >= 0.3 is 0 Å². The lowest BCUT2D eigenvalue weighted by Gasteiger charge is -2.10. The minimum absolute atomic E-state index is 0.290. The quantitative estimate of drug-likeness (QED) is 0.844. The van der Waals surface area contributed by atoms with Crippen LogP contribution in [-0.2, 0) is 6.42 Å². The maximum atomic E-state index is 9.96. The lowest BCUT2D eigenvalue weighted by Crippen LogP contribution is -1.90. The van der Waals surface area contributed by atoms with E-state index in [1.165, 1.54) is 11.1 Å². The molecule has 0 bridgehead atoms. The van der Waals surface area contributed by atoms with E-state index in [4.69, 9.17) is 0 Å². The van der Waals surface area contributed by atoms with Crippen LogP contribution in [0.4, 0.5) is 0 Å². The smallest absolute Gasteiger partial charge is 0.123 e. The molecule has 2 rings (SSSR count). The lowest BCUT2D eigenvalue weighted by molar-refractivity contribution is 0.473. The van der Waals surface area contributed by atoms with Crippen molar-refractivity contribution in [1.29, 1.82) is 0 Å². The van der Waals surface area contributed by atoms with Crippen molar-refractivity contribution < 1.29 is 5.11 Å². The molecule has 0 unspecified atom stereocenters. The number of hydrogen-bond acceptors (Lipinski definition) is 1. The molecule has 2 aromatic carbocycles. The number of benzene rings is 2. The highest BCUT2D eigenvalue weighted by molar-refractivity contribution is 5.81. The zero-order chi connectivity index (χ0) is 13.1.